The maximum atomic E-state index is 12.0. The van der Waals surface area contributed by atoms with E-state index >= 15 is 0 Å². The summed E-state index contributed by atoms with van der Waals surface area (Å²) in [5, 5.41) is 4.18. The molecule has 0 saturated heterocycles. The first-order chi connectivity index (χ1) is 10.1. The van der Waals surface area contributed by atoms with Gasteiger partial charge < -0.3 is 15.0 Å². The molecule has 0 spiro atoms. The third-order valence-electron chi connectivity index (χ3n) is 4.45. The van der Waals surface area contributed by atoms with Gasteiger partial charge in [-0.05, 0) is 37.0 Å². The zero-order chi connectivity index (χ0) is 15.0. The second-order valence-corrected chi connectivity index (χ2v) is 6.14. The summed E-state index contributed by atoms with van der Waals surface area (Å²) in [5.41, 5.74) is 3.15. The molecule has 2 aromatic rings. The summed E-state index contributed by atoms with van der Waals surface area (Å²) >= 11 is 0. The molecule has 0 bridgehead atoms. The largest absolute Gasteiger partial charge is 0.496 e. The quantitative estimate of drug-likeness (QED) is 0.887. The number of carbonyl (C=O) groups is 1. The number of H-pyrrole nitrogens is 1. The lowest BCUT2D eigenvalue weighted by Crippen LogP contribution is -2.29. The van der Waals surface area contributed by atoms with E-state index in [2.05, 4.69) is 29.4 Å². The Bertz CT molecular complexity index is 642. The number of rotatable bonds is 5. The summed E-state index contributed by atoms with van der Waals surface area (Å²) in [6.45, 7) is 4.69. The number of methoxy groups -OCH3 is 1. The molecule has 0 radical (unpaired) electrons. The molecule has 2 N–H and O–H groups in total. The number of nitrogens with one attached hydrogen (secondary N) is 2. The molecule has 1 heterocycles. The maximum absolute atomic E-state index is 12.0. The fourth-order valence-corrected chi connectivity index (χ4v) is 2.63. The van der Waals surface area contributed by atoms with E-state index in [0.717, 1.165) is 41.6 Å². The average molecular weight is 286 g/mol. The van der Waals surface area contributed by atoms with Gasteiger partial charge in [0, 0.05) is 28.1 Å². The molecule has 4 heteroatoms. The minimum Gasteiger partial charge on any atom is -0.496 e. The van der Waals surface area contributed by atoms with Crippen molar-refractivity contribution in [1.29, 1.82) is 0 Å². The number of amides is 1. The van der Waals surface area contributed by atoms with Crippen LogP contribution in [0, 0.1) is 5.41 Å². The number of aromatic amines is 1. The predicted molar refractivity (Wildman–Crippen MR) is 83.4 cm³/mol. The monoisotopic (exact) mass is 286 g/mol. The van der Waals surface area contributed by atoms with E-state index < -0.39 is 0 Å². The molecule has 1 fully saturated rings. The molecule has 4 nitrogen and oxygen atoms in total. The Morgan fingerprint density at radius 3 is 2.76 bits per heavy atom. The first kappa shape index (κ1) is 14.0. The van der Waals surface area contributed by atoms with Gasteiger partial charge in [0.2, 0.25) is 5.91 Å². The SMILES string of the molecule is CCc1cc2cc(CNC(=O)C3(C)CC3)[nH]c2cc1OC. The highest BCUT2D eigenvalue weighted by molar-refractivity contribution is 5.85. The Kier molecular flexibility index (Phi) is 3.40. The Morgan fingerprint density at radius 2 is 2.14 bits per heavy atom. The van der Waals surface area contributed by atoms with Crippen molar-refractivity contribution in [3.05, 3.63) is 29.5 Å². The fraction of sp³-hybridized carbons (Fsp3) is 0.471. The van der Waals surface area contributed by atoms with Crippen LogP contribution in [0.15, 0.2) is 18.2 Å². The molecule has 1 amide bonds. The maximum Gasteiger partial charge on any atom is 0.226 e. The van der Waals surface area contributed by atoms with Gasteiger partial charge in [0.25, 0.3) is 0 Å². The molecule has 0 atom stereocenters. The first-order valence-electron chi connectivity index (χ1n) is 7.52. The van der Waals surface area contributed by atoms with Crippen LogP contribution >= 0.6 is 0 Å². The van der Waals surface area contributed by atoms with Crippen molar-refractivity contribution in [2.45, 2.75) is 39.7 Å². The lowest BCUT2D eigenvalue weighted by Gasteiger charge is -2.08. The van der Waals surface area contributed by atoms with Gasteiger partial charge in [-0.25, -0.2) is 0 Å². The zero-order valence-electron chi connectivity index (χ0n) is 12.9. The van der Waals surface area contributed by atoms with Crippen LogP contribution in [-0.4, -0.2) is 18.0 Å². The van der Waals surface area contributed by atoms with Crippen molar-refractivity contribution < 1.29 is 9.53 Å². The van der Waals surface area contributed by atoms with Gasteiger partial charge in [-0.2, -0.15) is 0 Å². The molecule has 1 aliphatic rings. The summed E-state index contributed by atoms with van der Waals surface area (Å²) in [4.78, 5) is 15.3. The number of aryl methyl sites for hydroxylation is 1. The van der Waals surface area contributed by atoms with E-state index in [-0.39, 0.29) is 11.3 Å². The Balaban J connectivity index is 1.79. The van der Waals surface area contributed by atoms with E-state index in [1.807, 2.05) is 13.0 Å². The van der Waals surface area contributed by atoms with Gasteiger partial charge in [0.1, 0.15) is 5.75 Å². The first-order valence-corrected chi connectivity index (χ1v) is 7.52. The van der Waals surface area contributed by atoms with Gasteiger partial charge in [-0.3, -0.25) is 4.79 Å². The van der Waals surface area contributed by atoms with Gasteiger partial charge in [0.15, 0.2) is 0 Å². The number of carbonyl (C=O) groups excluding carboxylic acids is 1. The fourth-order valence-electron chi connectivity index (χ4n) is 2.63. The van der Waals surface area contributed by atoms with Crippen LogP contribution in [0.2, 0.25) is 0 Å². The summed E-state index contributed by atoms with van der Waals surface area (Å²) in [6.07, 6.45) is 2.94. The van der Waals surface area contributed by atoms with Crippen molar-refractivity contribution in [3.8, 4) is 5.75 Å². The Hall–Kier alpha value is -1.97. The Morgan fingerprint density at radius 1 is 1.38 bits per heavy atom. The third kappa shape index (κ3) is 2.62. The van der Waals surface area contributed by atoms with Crippen LogP contribution in [0.4, 0.5) is 0 Å². The Labute approximate surface area is 124 Å². The number of ether oxygens (including phenoxy) is 1. The average Bonchev–Trinajstić information content (AvgIpc) is 3.12. The number of fused-ring (bicyclic) bond motifs is 1. The highest BCUT2D eigenvalue weighted by atomic mass is 16.5. The van der Waals surface area contributed by atoms with Crippen LogP contribution < -0.4 is 10.1 Å². The minimum atomic E-state index is -0.120. The predicted octanol–water partition coefficient (Wildman–Crippen LogP) is 3.16. The van der Waals surface area contributed by atoms with Crippen LogP contribution in [0.3, 0.4) is 0 Å². The molecular formula is C17H22N2O2. The van der Waals surface area contributed by atoms with Gasteiger partial charge in [-0.1, -0.05) is 13.8 Å². The summed E-state index contributed by atoms with van der Waals surface area (Å²) < 4.78 is 5.41. The van der Waals surface area contributed by atoms with Crippen LogP contribution in [0.25, 0.3) is 10.9 Å². The highest BCUT2D eigenvalue weighted by Gasteiger charge is 2.44. The zero-order valence-corrected chi connectivity index (χ0v) is 12.9. The van der Waals surface area contributed by atoms with Crippen LogP contribution in [0.5, 0.6) is 5.75 Å². The van der Waals surface area contributed by atoms with Gasteiger partial charge in [-0.15, -0.1) is 0 Å². The van der Waals surface area contributed by atoms with Crippen molar-refractivity contribution in [2.24, 2.45) is 5.41 Å². The van der Waals surface area contributed by atoms with E-state index in [1.54, 1.807) is 7.11 Å². The number of aromatic nitrogens is 1. The lowest BCUT2D eigenvalue weighted by molar-refractivity contribution is -0.125. The smallest absolute Gasteiger partial charge is 0.226 e. The van der Waals surface area contributed by atoms with E-state index in [9.17, 15) is 4.79 Å². The molecule has 112 valence electrons. The molecule has 0 unspecified atom stereocenters. The third-order valence-corrected chi connectivity index (χ3v) is 4.45. The van der Waals surface area contributed by atoms with E-state index in [1.165, 1.54) is 5.56 Å². The van der Waals surface area contributed by atoms with Crippen molar-refractivity contribution in [2.75, 3.05) is 7.11 Å². The number of hydrogen-bond donors (Lipinski definition) is 2. The molecule has 1 aliphatic carbocycles. The molecule has 1 aromatic carbocycles. The van der Waals surface area contributed by atoms with Gasteiger partial charge >= 0.3 is 0 Å². The molecule has 21 heavy (non-hydrogen) atoms. The lowest BCUT2D eigenvalue weighted by atomic mass is 10.1. The van der Waals surface area contributed by atoms with Crippen LogP contribution in [0.1, 0.15) is 37.9 Å². The van der Waals surface area contributed by atoms with Gasteiger partial charge in [0.05, 0.1) is 13.7 Å². The molecule has 0 aliphatic heterocycles. The molecule has 1 aromatic heterocycles. The molecule has 1 saturated carbocycles. The van der Waals surface area contributed by atoms with Crippen LogP contribution in [-0.2, 0) is 17.8 Å². The van der Waals surface area contributed by atoms with Crippen molar-refractivity contribution in [3.63, 3.8) is 0 Å². The second kappa shape index (κ2) is 5.10. The standard InChI is InChI=1S/C17H22N2O2/c1-4-11-7-12-8-13(19-14(12)9-15(11)21-3)10-18-16(20)17(2)5-6-17/h7-9,19H,4-6,10H2,1-3H3,(H,18,20). The number of hydrogen-bond acceptors (Lipinski definition) is 2. The van der Waals surface area contributed by atoms with Crippen molar-refractivity contribution >= 4 is 16.8 Å². The molecule has 3 rings (SSSR count). The molecular weight excluding hydrogens is 264 g/mol. The normalized spacial score (nSPS) is 16.0. The number of benzene rings is 1. The minimum absolute atomic E-state index is 0.120. The van der Waals surface area contributed by atoms with Crippen molar-refractivity contribution in [1.82, 2.24) is 10.3 Å². The second-order valence-electron chi connectivity index (χ2n) is 6.14. The highest BCUT2D eigenvalue weighted by Crippen LogP contribution is 2.45. The summed E-state index contributed by atoms with van der Waals surface area (Å²) in [7, 11) is 1.70. The summed E-state index contributed by atoms with van der Waals surface area (Å²) in [5.74, 6) is 1.07. The summed E-state index contributed by atoms with van der Waals surface area (Å²) in [6, 6.07) is 6.28. The van der Waals surface area contributed by atoms with E-state index in [4.69, 9.17) is 4.74 Å². The topological polar surface area (TPSA) is 54.1 Å². The van der Waals surface area contributed by atoms with E-state index in [0.29, 0.717) is 6.54 Å².